The highest BCUT2D eigenvalue weighted by Crippen LogP contribution is 2.14. The van der Waals surface area contributed by atoms with Gasteiger partial charge in [-0.1, -0.05) is 0 Å². The van der Waals surface area contributed by atoms with Crippen LogP contribution < -0.4 is 10.3 Å². The van der Waals surface area contributed by atoms with Crippen LogP contribution in [0.3, 0.4) is 0 Å². The number of alkyl halides is 1. The molecular weight excluding hydrogens is 310 g/mol. The van der Waals surface area contributed by atoms with Crippen LogP contribution in [0.5, 0.6) is 6.01 Å². The number of ether oxygens (including phenoxy) is 1. The summed E-state index contributed by atoms with van der Waals surface area (Å²) in [5, 5.41) is 3.08. The SMILES string of the molecule is COc1nc(C)cc(=O)n1CCCCc1nc(CCl)cs1. The van der Waals surface area contributed by atoms with Crippen molar-refractivity contribution in [2.45, 2.75) is 38.6 Å². The molecular formula is C14H18ClN3O2S. The minimum Gasteiger partial charge on any atom is -0.468 e. The number of nitrogens with zero attached hydrogens (tertiary/aromatic N) is 3. The van der Waals surface area contributed by atoms with Crippen molar-refractivity contribution in [3.8, 4) is 6.01 Å². The summed E-state index contributed by atoms with van der Waals surface area (Å²) >= 11 is 7.36. The third-order valence-electron chi connectivity index (χ3n) is 3.04. The Morgan fingerprint density at radius 3 is 2.86 bits per heavy atom. The van der Waals surface area contributed by atoms with E-state index in [1.54, 1.807) is 22.8 Å². The first-order valence-corrected chi connectivity index (χ1v) is 8.17. The summed E-state index contributed by atoms with van der Waals surface area (Å²) in [5.41, 5.74) is 1.53. The van der Waals surface area contributed by atoms with Gasteiger partial charge in [0.15, 0.2) is 0 Å². The summed E-state index contributed by atoms with van der Waals surface area (Å²) in [6.45, 7) is 2.38. The van der Waals surface area contributed by atoms with Gasteiger partial charge in [-0.2, -0.15) is 0 Å². The maximum absolute atomic E-state index is 11.9. The van der Waals surface area contributed by atoms with Crippen LogP contribution in [0.4, 0.5) is 0 Å². The fraction of sp³-hybridized carbons (Fsp3) is 0.500. The molecule has 2 aromatic heterocycles. The molecule has 0 bridgehead atoms. The fourth-order valence-corrected chi connectivity index (χ4v) is 3.10. The second kappa shape index (κ2) is 7.56. The molecule has 2 rings (SSSR count). The van der Waals surface area contributed by atoms with Gasteiger partial charge in [-0.15, -0.1) is 22.9 Å². The number of aromatic nitrogens is 3. The van der Waals surface area contributed by atoms with Crippen LogP contribution in [-0.2, 0) is 18.8 Å². The Kier molecular flexibility index (Phi) is 5.76. The molecule has 5 nitrogen and oxygen atoms in total. The van der Waals surface area contributed by atoms with Gasteiger partial charge in [0.1, 0.15) is 0 Å². The first-order chi connectivity index (χ1) is 10.1. The summed E-state index contributed by atoms with van der Waals surface area (Å²) in [6, 6.07) is 1.90. The highest BCUT2D eigenvalue weighted by atomic mass is 35.5. The predicted molar refractivity (Wildman–Crippen MR) is 84.4 cm³/mol. The topological polar surface area (TPSA) is 57.0 Å². The molecule has 0 aliphatic heterocycles. The smallest absolute Gasteiger partial charge is 0.299 e. The summed E-state index contributed by atoms with van der Waals surface area (Å²) in [6.07, 6.45) is 2.73. The molecule has 0 fully saturated rings. The van der Waals surface area contributed by atoms with E-state index in [9.17, 15) is 4.79 Å². The monoisotopic (exact) mass is 327 g/mol. The van der Waals surface area contributed by atoms with Gasteiger partial charge in [0.2, 0.25) is 0 Å². The van der Waals surface area contributed by atoms with Crippen LogP contribution in [0.15, 0.2) is 16.2 Å². The number of halogens is 1. The molecule has 0 aliphatic rings. The zero-order chi connectivity index (χ0) is 15.2. The molecule has 0 N–H and O–H groups in total. The lowest BCUT2D eigenvalue weighted by Gasteiger charge is -2.10. The lowest BCUT2D eigenvalue weighted by molar-refractivity contribution is 0.341. The standard InChI is InChI=1S/C14H18ClN3O2S/c1-10-7-13(19)18(14(16-10)20-2)6-4-3-5-12-17-11(8-15)9-21-12/h7,9H,3-6,8H2,1-2H3. The lowest BCUT2D eigenvalue weighted by atomic mass is 10.2. The minimum absolute atomic E-state index is 0.0713. The Hall–Kier alpha value is -1.40. The van der Waals surface area contributed by atoms with Crippen molar-refractivity contribution in [2.24, 2.45) is 0 Å². The molecule has 0 aliphatic carbocycles. The van der Waals surface area contributed by atoms with Crippen molar-refractivity contribution < 1.29 is 4.74 Å². The van der Waals surface area contributed by atoms with E-state index in [1.807, 2.05) is 5.38 Å². The van der Waals surface area contributed by atoms with Crippen LogP contribution in [0.2, 0.25) is 0 Å². The van der Waals surface area contributed by atoms with Crippen molar-refractivity contribution in [1.82, 2.24) is 14.5 Å². The maximum atomic E-state index is 11.9. The Labute approximate surface area is 132 Å². The number of unbranched alkanes of at least 4 members (excludes halogenated alkanes) is 1. The summed E-state index contributed by atoms with van der Waals surface area (Å²) in [5.74, 6) is 0.456. The zero-order valence-electron chi connectivity index (χ0n) is 12.1. The van der Waals surface area contributed by atoms with Crippen molar-refractivity contribution in [1.29, 1.82) is 0 Å². The van der Waals surface area contributed by atoms with Gasteiger partial charge in [-0.3, -0.25) is 9.36 Å². The number of thiazole rings is 1. The molecule has 0 saturated carbocycles. The van der Waals surface area contributed by atoms with Crippen molar-refractivity contribution in [2.75, 3.05) is 7.11 Å². The normalized spacial score (nSPS) is 10.8. The predicted octanol–water partition coefficient (Wildman–Crippen LogP) is 2.78. The molecule has 2 heterocycles. The molecule has 0 atom stereocenters. The Balaban J connectivity index is 1.90. The van der Waals surface area contributed by atoms with E-state index in [-0.39, 0.29) is 5.56 Å². The van der Waals surface area contributed by atoms with E-state index in [1.165, 1.54) is 13.2 Å². The average molecular weight is 328 g/mol. The Morgan fingerprint density at radius 2 is 2.19 bits per heavy atom. The van der Waals surface area contributed by atoms with Gasteiger partial charge in [-0.05, 0) is 26.2 Å². The van der Waals surface area contributed by atoms with Gasteiger partial charge in [0, 0.05) is 23.7 Å². The lowest BCUT2D eigenvalue weighted by Crippen LogP contribution is -2.22. The summed E-state index contributed by atoms with van der Waals surface area (Å²) < 4.78 is 6.74. The molecule has 7 heteroatoms. The second-order valence-electron chi connectivity index (χ2n) is 4.70. The van der Waals surface area contributed by atoms with E-state index >= 15 is 0 Å². The number of rotatable bonds is 7. The summed E-state index contributed by atoms with van der Waals surface area (Å²) in [7, 11) is 1.53. The first kappa shape index (κ1) is 16.0. The number of hydrogen-bond acceptors (Lipinski definition) is 5. The molecule has 0 unspecified atom stereocenters. The van der Waals surface area contributed by atoms with Gasteiger partial charge in [0.05, 0.1) is 23.7 Å². The highest BCUT2D eigenvalue weighted by molar-refractivity contribution is 7.09. The molecule has 0 spiro atoms. The average Bonchev–Trinajstić information content (AvgIpc) is 2.92. The quantitative estimate of drug-likeness (QED) is 0.579. The fourth-order valence-electron chi connectivity index (χ4n) is 2.03. The van der Waals surface area contributed by atoms with E-state index in [4.69, 9.17) is 16.3 Å². The Morgan fingerprint density at radius 1 is 1.38 bits per heavy atom. The van der Waals surface area contributed by atoms with Gasteiger partial charge < -0.3 is 4.74 Å². The van der Waals surface area contributed by atoms with Gasteiger partial charge in [-0.25, -0.2) is 9.97 Å². The van der Waals surface area contributed by atoms with Crippen LogP contribution in [-0.4, -0.2) is 21.6 Å². The third kappa shape index (κ3) is 4.28. The molecule has 0 radical (unpaired) electrons. The highest BCUT2D eigenvalue weighted by Gasteiger charge is 2.07. The van der Waals surface area contributed by atoms with E-state index in [2.05, 4.69) is 9.97 Å². The summed E-state index contributed by atoms with van der Waals surface area (Å²) in [4.78, 5) is 20.6. The van der Waals surface area contributed by atoms with Crippen LogP contribution in [0.1, 0.15) is 29.2 Å². The van der Waals surface area contributed by atoms with E-state index < -0.39 is 0 Å². The molecule has 0 aromatic carbocycles. The molecule has 0 saturated heterocycles. The number of methoxy groups -OCH3 is 1. The molecule has 114 valence electrons. The largest absolute Gasteiger partial charge is 0.468 e. The van der Waals surface area contributed by atoms with Gasteiger partial charge in [0.25, 0.3) is 11.6 Å². The van der Waals surface area contributed by atoms with Crippen molar-refractivity contribution >= 4 is 22.9 Å². The number of aryl methyl sites for hydroxylation is 2. The molecule has 2 aromatic rings. The van der Waals surface area contributed by atoms with E-state index in [0.717, 1.165) is 30.0 Å². The van der Waals surface area contributed by atoms with Crippen molar-refractivity contribution in [3.05, 3.63) is 38.2 Å². The first-order valence-electron chi connectivity index (χ1n) is 6.75. The number of hydrogen-bond donors (Lipinski definition) is 0. The van der Waals surface area contributed by atoms with Gasteiger partial charge >= 0.3 is 0 Å². The minimum atomic E-state index is -0.0713. The Bertz CT molecular complexity index is 654. The second-order valence-corrected chi connectivity index (χ2v) is 5.91. The van der Waals surface area contributed by atoms with Crippen LogP contribution in [0.25, 0.3) is 0 Å². The van der Waals surface area contributed by atoms with Crippen LogP contribution in [0, 0.1) is 6.92 Å². The third-order valence-corrected chi connectivity index (χ3v) is 4.27. The maximum Gasteiger partial charge on any atom is 0.299 e. The zero-order valence-corrected chi connectivity index (χ0v) is 13.7. The molecule has 21 heavy (non-hydrogen) atoms. The molecule has 0 amide bonds. The van der Waals surface area contributed by atoms with E-state index in [0.29, 0.717) is 24.1 Å². The van der Waals surface area contributed by atoms with Crippen LogP contribution >= 0.6 is 22.9 Å². The van der Waals surface area contributed by atoms with Crippen molar-refractivity contribution in [3.63, 3.8) is 0 Å².